The first-order valence-electron chi connectivity index (χ1n) is 14.1. The van der Waals surface area contributed by atoms with E-state index in [1.165, 1.54) is 95.5 Å². The zero-order valence-electron chi connectivity index (χ0n) is 21.5. The summed E-state index contributed by atoms with van der Waals surface area (Å²) in [5.41, 5.74) is 3.37. The van der Waals surface area contributed by atoms with Crippen LogP contribution >= 0.6 is 0 Å². The normalized spacial score (nSPS) is 14.4. The van der Waals surface area contributed by atoms with Crippen LogP contribution in [0.25, 0.3) is 11.1 Å². The maximum atomic E-state index is 14.6. The molecular weight excluding hydrogens is 419 g/mol. The van der Waals surface area contributed by atoms with Gasteiger partial charge >= 0.3 is 0 Å². The van der Waals surface area contributed by atoms with Gasteiger partial charge in [0, 0.05) is 0 Å². The molecule has 0 heterocycles. The lowest BCUT2D eigenvalue weighted by atomic mass is 9.85. The summed E-state index contributed by atoms with van der Waals surface area (Å²) < 4.78 is 20.3. The molecule has 187 valence electrons. The maximum Gasteiger partial charge on any atom is 0.165 e. The highest BCUT2D eigenvalue weighted by atomic mass is 19.1. The minimum Gasteiger partial charge on any atom is -0.491 e. The third kappa shape index (κ3) is 9.80. The van der Waals surface area contributed by atoms with Crippen LogP contribution in [-0.2, 0) is 6.42 Å². The average Bonchev–Trinajstić information content (AvgIpc) is 2.88. The molecule has 0 bridgehead atoms. The van der Waals surface area contributed by atoms with Gasteiger partial charge in [0.25, 0.3) is 0 Å². The van der Waals surface area contributed by atoms with E-state index in [2.05, 4.69) is 37.6 Å². The second-order valence-electron chi connectivity index (χ2n) is 10.2. The number of aryl methyl sites for hydroxylation is 1. The Labute approximate surface area is 208 Å². The number of unbranched alkanes of at least 4 members (excludes halogenated alkanes) is 9. The molecule has 2 aromatic carbocycles. The Morgan fingerprint density at radius 1 is 0.765 bits per heavy atom. The summed E-state index contributed by atoms with van der Waals surface area (Å²) >= 11 is 0. The summed E-state index contributed by atoms with van der Waals surface area (Å²) in [6.07, 6.45) is 23.1. The first kappa shape index (κ1) is 26.8. The van der Waals surface area contributed by atoms with Crippen LogP contribution in [0.3, 0.4) is 0 Å². The van der Waals surface area contributed by atoms with Crippen LogP contribution < -0.4 is 4.74 Å². The van der Waals surface area contributed by atoms with Gasteiger partial charge in [0.2, 0.25) is 0 Å². The van der Waals surface area contributed by atoms with E-state index in [0.717, 1.165) is 29.9 Å². The largest absolute Gasteiger partial charge is 0.491 e. The Hall–Kier alpha value is -1.83. The average molecular weight is 466 g/mol. The Morgan fingerprint density at radius 2 is 1.38 bits per heavy atom. The molecule has 3 rings (SSSR count). The van der Waals surface area contributed by atoms with Crippen molar-refractivity contribution in [3.63, 3.8) is 0 Å². The summed E-state index contributed by atoms with van der Waals surface area (Å²) in [5, 5.41) is 0. The Kier molecular flexibility index (Phi) is 12.6. The molecule has 0 spiro atoms. The summed E-state index contributed by atoms with van der Waals surface area (Å²) in [6, 6.07) is 14.0. The van der Waals surface area contributed by atoms with Crippen LogP contribution in [0.4, 0.5) is 4.39 Å². The number of halogens is 1. The van der Waals surface area contributed by atoms with E-state index in [-0.39, 0.29) is 5.82 Å². The van der Waals surface area contributed by atoms with Gasteiger partial charge < -0.3 is 4.74 Å². The lowest BCUT2D eigenvalue weighted by molar-refractivity contribution is 0.290. The molecule has 0 N–H and O–H groups in total. The quantitative estimate of drug-likeness (QED) is 0.224. The maximum absolute atomic E-state index is 14.6. The van der Waals surface area contributed by atoms with Crippen molar-refractivity contribution < 1.29 is 9.13 Å². The SMILES string of the molecule is CCCCCCCCCCCCOc1ccc(-c2ccc(CCC3CC[CH]CC3)cc2)cc1F. The van der Waals surface area contributed by atoms with E-state index in [1.54, 1.807) is 12.1 Å². The smallest absolute Gasteiger partial charge is 0.165 e. The molecule has 1 aliphatic carbocycles. The van der Waals surface area contributed by atoms with E-state index in [9.17, 15) is 4.39 Å². The Bertz CT molecular complexity index is 791. The summed E-state index contributed by atoms with van der Waals surface area (Å²) in [5.74, 6) is 0.996. The van der Waals surface area contributed by atoms with Crippen LogP contribution in [0.15, 0.2) is 42.5 Å². The first-order chi connectivity index (χ1) is 16.8. The number of rotatable bonds is 16. The van der Waals surface area contributed by atoms with Crippen LogP contribution in [0.5, 0.6) is 5.75 Å². The molecular formula is C32H46FO. The van der Waals surface area contributed by atoms with E-state index in [4.69, 9.17) is 4.74 Å². The third-order valence-electron chi connectivity index (χ3n) is 7.37. The topological polar surface area (TPSA) is 9.23 Å². The van der Waals surface area contributed by atoms with Crippen molar-refractivity contribution in [3.8, 4) is 16.9 Å². The van der Waals surface area contributed by atoms with Gasteiger partial charge in [-0.05, 0) is 73.3 Å². The van der Waals surface area contributed by atoms with Gasteiger partial charge in [0.05, 0.1) is 6.61 Å². The lowest BCUT2D eigenvalue weighted by Crippen LogP contribution is -2.07. The molecule has 1 saturated carbocycles. The van der Waals surface area contributed by atoms with Crippen molar-refractivity contribution in [2.75, 3.05) is 6.61 Å². The molecule has 1 radical (unpaired) electrons. The second-order valence-corrected chi connectivity index (χ2v) is 10.2. The van der Waals surface area contributed by atoms with E-state index in [1.807, 2.05) is 6.07 Å². The molecule has 1 nitrogen and oxygen atoms in total. The number of benzene rings is 2. The van der Waals surface area contributed by atoms with Crippen molar-refractivity contribution in [1.82, 2.24) is 0 Å². The monoisotopic (exact) mass is 465 g/mol. The van der Waals surface area contributed by atoms with Gasteiger partial charge in [-0.25, -0.2) is 4.39 Å². The van der Waals surface area contributed by atoms with Crippen LogP contribution in [-0.4, -0.2) is 6.61 Å². The summed E-state index contributed by atoms with van der Waals surface area (Å²) in [4.78, 5) is 0. The predicted octanol–water partition coefficient (Wildman–Crippen LogP) is 10.1. The summed E-state index contributed by atoms with van der Waals surface area (Å²) in [7, 11) is 0. The molecule has 0 saturated heterocycles. The van der Waals surface area contributed by atoms with Crippen molar-refractivity contribution in [3.05, 3.63) is 60.3 Å². The molecule has 1 fully saturated rings. The van der Waals surface area contributed by atoms with Crippen LogP contribution in [0.1, 0.15) is 109 Å². The zero-order chi connectivity index (χ0) is 23.8. The number of hydrogen-bond acceptors (Lipinski definition) is 1. The lowest BCUT2D eigenvalue weighted by Gasteiger charge is -2.21. The van der Waals surface area contributed by atoms with Crippen LogP contribution in [0.2, 0.25) is 0 Å². The van der Waals surface area contributed by atoms with Crippen LogP contribution in [0, 0.1) is 18.2 Å². The molecule has 2 heteroatoms. The fourth-order valence-corrected chi connectivity index (χ4v) is 5.09. The predicted molar refractivity (Wildman–Crippen MR) is 144 cm³/mol. The molecule has 0 unspecified atom stereocenters. The van der Waals surface area contributed by atoms with Crippen molar-refractivity contribution in [2.45, 2.75) is 110 Å². The highest BCUT2D eigenvalue weighted by Crippen LogP contribution is 2.29. The fourth-order valence-electron chi connectivity index (χ4n) is 5.09. The molecule has 0 atom stereocenters. The highest BCUT2D eigenvalue weighted by molar-refractivity contribution is 5.64. The number of ether oxygens (including phenoxy) is 1. The molecule has 0 aromatic heterocycles. The second kappa shape index (κ2) is 16.0. The molecule has 34 heavy (non-hydrogen) atoms. The van der Waals surface area contributed by atoms with Gasteiger partial charge in [-0.15, -0.1) is 0 Å². The third-order valence-corrected chi connectivity index (χ3v) is 7.37. The van der Waals surface area contributed by atoms with E-state index in [0.29, 0.717) is 12.4 Å². The molecule has 0 amide bonds. The van der Waals surface area contributed by atoms with Crippen molar-refractivity contribution in [1.29, 1.82) is 0 Å². The minimum absolute atomic E-state index is 0.261. The molecule has 1 aliphatic rings. The van der Waals surface area contributed by atoms with Gasteiger partial charge in [-0.3, -0.25) is 0 Å². The summed E-state index contributed by atoms with van der Waals surface area (Å²) in [6.45, 7) is 2.86. The van der Waals surface area contributed by atoms with Gasteiger partial charge in [-0.1, -0.05) is 108 Å². The van der Waals surface area contributed by atoms with Gasteiger partial charge in [-0.2, -0.15) is 0 Å². The van der Waals surface area contributed by atoms with Gasteiger partial charge in [0.1, 0.15) is 0 Å². The Morgan fingerprint density at radius 3 is 2.03 bits per heavy atom. The molecule has 0 aliphatic heterocycles. The highest BCUT2D eigenvalue weighted by Gasteiger charge is 2.13. The Balaban J connectivity index is 1.33. The van der Waals surface area contributed by atoms with E-state index < -0.39 is 0 Å². The fraction of sp³-hybridized carbons (Fsp3) is 0.594. The molecule has 2 aromatic rings. The van der Waals surface area contributed by atoms with Gasteiger partial charge in [0.15, 0.2) is 11.6 Å². The van der Waals surface area contributed by atoms with E-state index >= 15 is 0 Å². The number of hydrogen-bond donors (Lipinski definition) is 0. The van der Waals surface area contributed by atoms with Crippen molar-refractivity contribution in [2.24, 2.45) is 5.92 Å². The standard InChI is InChI=1S/C32H46FO/c1-2-3-4-5-6-7-8-9-10-14-25-34-32-24-23-30(26-31(32)33)29-21-19-28(20-22-29)18-17-27-15-12-11-13-16-27/h11,19-24,26-27H,2-10,12-18,25H2,1H3. The minimum atomic E-state index is -0.261. The zero-order valence-corrected chi connectivity index (χ0v) is 21.5. The van der Waals surface area contributed by atoms with Crippen molar-refractivity contribution >= 4 is 0 Å². The first-order valence-corrected chi connectivity index (χ1v) is 14.1.